The van der Waals surface area contributed by atoms with Crippen LogP contribution in [0.15, 0.2) is 152 Å². The van der Waals surface area contributed by atoms with Gasteiger partial charge in [-0.05, 0) is 76.0 Å². The maximum Gasteiger partial charge on any atom is 0.148 e. The first-order valence-electron chi connectivity index (χ1n) is 21.2. The van der Waals surface area contributed by atoms with Crippen LogP contribution in [0.2, 0.25) is 0 Å². The SMILES string of the molecule is [2H]c1nc(-c2[c-]c(-c3cccc4c3nc(-c3ccccc3O)n4-c3ccc(-c4ccccc4)c(CC)c3)cc(C(C)(C)C)c2)c([2H])c(-c2c([2H])c([2H])c([2H])c([2H])c2[2H])c1[2H].[Pt]. The van der Waals surface area contributed by atoms with Crippen LogP contribution < -0.4 is 0 Å². The van der Waals surface area contributed by atoms with Crippen LogP contribution in [0, 0.1) is 6.07 Å². The predicted molar refractivity (Wildman–Crippen MR) is 215 cm³/mol. The molecule has 0 fully saturated rings. The number of pyridine rings is 1. The normalized spacial score (nSPS) is 13.5. The van der Waals surface area contributed by atoms with E-state index in [9.17, 15) is 6.48 Å². The van der Waals surface area contributed by atoms with Crippen molar-refractivity contribution in [2.45, 2.75) is 39.5 Å². The molecule has 0 aliphatic carbocycles. The molecule has 0 saturated heterocycles. The number of aromatic hydroxyl groups is 1. The summed E-state index contributed by atoms with van der Waals surface area (Å²) in [6.45, 7) is 8.26. The molecular weight excluding hydrogens is 830 g/mol. The fraction of sp³-hybridized carbons (Fsp3) is 0.125. The number of benzene rings is 6. The van der Waals surface area contributed by atoms with E-state index in [2.05, 4.69) is 48.3 Å². The zero-order chi connectivity index (χ0) is 42.8. The number of rotatable bonds is 7. The van der Waals surface area contributed by atoms with E-state index >= 15 is 0 Å². The molecule has 2 heterocycles. The Balaban J connectivity index is 0.00000561. The van der Waals surface area contributed by atoms with Gasteiger partial charge < -0.3 is 5.11 Å². The van der Waals surface area contributed by atoms with Crippen molar-refractivity contribution in [3.8, 4) is 67.5 Å². The van der Waals surface area contributed by atoms with Gasteiger partial charge in [0.2, 0.25) is 0 Å². The molecule has 4 nitrogen and oxygen atoms in total. The summed E-state index contributed by atoms with van der Waals surface area (Å²) in [4.78, 5) is 9.63. The quantitative estimate of drug-likeness (QED) is 0.162. The number of fused-ring (bicyclic) bond motifs is 1. The van der Waals surface area contributed by atoms with Gasteiger partial charge in [0.25, 0.3) is 0 Å². The average molecular weight is 878 g/mol. The monoisotopic (exact) mass is 877 g/mol. The van der Waals surface area contributed by atoms with Gasteiger partial charge in [-0.15, -0.1) is 29.3 Å². The maximum atomic E-state index is 11.2. The number of phenols is 1. The standard InChI is InChI=1S/C48H40N3O.Pt/c1-5-32-30-39(23-24-40(32)34-17-10-7-11-18-34)51-44-21-14-20-41(46(44)50-47(51)42-19-12-13-22-45(42)52)36-27-37(29-38(28-36)48(2,3)4)43-31-35(25-26-49-43)33-15-8-6-9-16-33;/h6-26,28-31,52H,5H2,1-4H3;/q-1;/i6D,8D,9D,15D,16D,25D,26D,31D;. The molecule has 2 aromatic heterocycles. The molecule has 0 spiro atoms. The molecule has 53 heavy (non-hydrogen) atoms. The van der Waals surface area contributed by atoms with Crippen LogP contribution in [-0.4, -0.2) is 19.6 Å². The van der Waals surface area contributed by atoms with Crippen molar-refractivity contribution in [1.29, 1.82) is 0 Å². The van der Waals surface area contributed by atoms with Gasteiger partial charge in [0.1, 0.15) is 11.6 Å². The van der Waals surface area contributed by atoms with Gasteiger partial charge in [-0.2, -0.15) is 0 Å². The van der Waals surface area contributed by atoms with E-state index in [1.807, 2.05) is 86.0 Å². The molecule has 6 aromatic carbocycles. The molecule has 0 atom stereocenters. The summed E-state index contributed by atoms with van der Waals surface area (Å²) in [6.07, 6.45) is 0.265. The van der Waals surface area contributed by atoms with Gasteiger partial charge in [-0.25, -0.2) is 4.98 Å². The number of para-hydroxylation sites is 2. The Bertz CT molecular complexity index is 2990. The molecule has 264 valence electrons. The number of hydrogen-bond donors (Lipinski definition) is 1. The summed E-state index contributed by atoms with van der Waals surface area (Å²) in [6, 6.07) is 33.0. The van der Waals surface area contributed by atoms with Crippen LogP contribution in [0.1, 0.15) is 49.8 Å². The second-order valence-corrected chi connectivity index (χ2v) is 13.7. The van der Waals surface area contributed by atoms with E-state index in [0.717, 1.165) is 39.9 Å². The number of aryl methyl sites for hydroxylation is 1. The van der Waals surface area contributed by atoms with Crippen LogP contribution in [0.25, 0.3) is 72.7 Å². The molecular formula is C48H40N3OPt-. The van der Waals surface area contributed by atoms with Crippen molar-refractivity contribution >= 4 is 11.0 Å². The minimum absolute atomic E-state index is 0. The first kappa shape index (κ1) is 27.1. The molecule has 8 aromatic rings. The zero-order valence-electron chi connectivity index (χ0n) is 37.6. The van der Waals surface area contributed by atoms with Crippen molar-refractivity contribution in [1.82, 2.24) is 14.5 Å². The molecule has 0 amide bonds. The number of aromatic nitrogens is 3. The maximum absolute atomic E-state index is 11.2. The molecule has 8 rings (SSSR count). The third kappa shape index (κ3) is 7.00. The fourth-order valence-corrected chi connectivity index (χ4v) is 6.55. The molecule has 0 unspecified atom stereocenters. The predicted octanol–water partition coefficient (Wildman–Crippen LogP) is 12.1. The van der Waals surface area contributed by atoms with Crippen LogP contribution in [-0.2, 0) is 32.9 Å². The number of imidazole rings is 1. The molecule has 0 aliphatic rings. The van der Waals surface area contributed by atoms with Crippen molar-refractivity contribution in [3.05, 3.63) is 169 Å². The summed E-state index contributed by atoms with van der Waals surface area (Å²) in [5.74, 6) is 0.601. The van der Waals surface area contributed by atoms with E-state index in [4.69, 9.17) is 14.6 Å². The molecule has 0 bridgehead atoms. The Morgan fingerprint density at radius 2 is 1.47 bits per heavy atom. The van der Waals surface area contributed by atoms with Gasteiger partial charge in [0.15, 0.2) is 0 Å². The van der Waals surface area contributed by atoms with E-state index in [1.54, 1.807) is 12.1 Å². The van der Waals surface area contributed by atoms with E-state index in [0.29, 0.717) is 33.6 Å². The Labute approximate surface area is 337 Å². The Morgan fingerprint density at radius 3 is 2.23 bits per heavy atom. The summed E-state index contributed by atoms with van der Waals surface area (Å²) in [5, 5.41) is 11.2. The second-order valence-electron chi connectivity index (χ2n) is 13.7. The Hall–Kier alpha value is -5.57. The van der Waals surface area contributed by atoms with E-state index in [1.165, 1.54) is 0 Å². The second kappa shape index (κ2) is 14.8. The van der Waals surface area contributed by atoms with Crippen molar-refractivity contribution in [3.63, 3.8) is 0 Å². The van der Waals surface area contributed by atoms with Crippen LogP contribution in [0.5, 0.6) is 5.75 Å². The molecule has 0 radical (unpaired) electrons. The average Bonchev–Trinajstić information content (AvgIpc) is 3.64. The Kier molecular flexibility index (Phi) is 7.57. The minimum Gasteiger partial charge on any atom is -0.507 e. The fourth-order valence-electron chi connectivity index (χ4n) is 6.55. The van der Waals surface area contributed by atoms with E-state index in [-0.39, 0.29) is 49.7 Å². The van der Waals surface area contributed by atoms with Gasteiger partial charge in [0.05, 0.1) is 27.6 Å². The van der Waals surface area contributed by atoms with Crippen LogP contribution in [0.3, 0.4) is 0 Å². The minimum atomic E-state index is -0.605. The third-order valence-corrected chi connectivity index (χ3v) is 9.27. The molecule has 0 aliphatic heterocycles. The summed E-state index contributed by atoms with van der Waals surface area (Å²) >= 11 is 0. The van der Waals surface area contributed by atoms with Crippen molar-refractivity contribution < 1.29 is 37.1 Å². The van der Waals surface area contributed by atoms with Crippen LogP contribution >= 0.6 is 0 Å². The topological polar surface area (TPSA) is 50.9 Å². The summed E-state index contributed by atoms with van der Waals surface area (Å²) in [5.41, 5.74) is 7.59. The van der Waals surface area contributed by atoms with Crippen molar-refractivity contribution in [2.75, 3.05) is 0 Å². The van der Waals surface area contributed by atoms with E-state index < -0.39 is 47.8 Å². The van der Waals surface area contributed by atoms with Gasteiger partial charge in [0, 0.05) is 38.6 Å². The van der Waals surface area contributed by atoms with Gasteiger partial charge in [-0.3, -0.25) is 9.55 Å². The van der Waals surface area contributed by atoms with Gasteiger partial charge >= 0.3 is 0 Å². The third-order valence-electron chi connectivity index (χ3n) is 9.27. The zero-order valence-corrected chi connectivity index (χ0v) is 31.9. The van der Waals surface area contributed by atoms with Gasteiger partial charge in [-0.1, -0.05) is 136 Å². The van der Waals surface area contributed by atoms with Crippen LogP contribution in [0.4, 0.5) is 0 Å². The summed E-state index contributed by atoms with van der Waals surface area (Å²) < 4.78 is 70.7. The smallest absolute Gasteiger partial charge is 0.148 e. The number of hydrogen-bond acceptors (Lipinski definition) is 3. The first-order chi connectivity index (χ1) is 28.6. The largest absolute Gasteiger partial charge is 0.507 e. The summed E-state index contributed by atoms with van der Waals surface area (Å²) in [7, 11) is 0. The van der Waals surface area contributed by atoms with Crippen molar-refractivity contribution in [2.24, 2.45) is 0 Å². The molecule has 1 N–H and O–H groups in total. The molecule has 0 saturated carbocycles. The number of nitrogens with zero attached hydrogens (tertiary/aromatic N) is 3. The first-order valence-corrected chi connectivity index (χ1v) is 17.2. The Morgan fingerprint density at radius 1 is 0.736 bits per heavy atom. The molecule has 5 heteroatoms. The number of phenolic OH excluding ortho intramolecular Hbond substituents is 1.